The maximum atomic E-state index is 15.5. The molecule has 1 aliphatic carbocycles. The third-order valence-electron chi connectivity index (χ3n) is 6.19. The first kappa shape index (κ1) is 27.1. The van der Waals surface area contributed by atoms with Crippen LogP contribution in [0.15, 0.2) is 36.9 Å². The Morgan fingerprint density at radius 1 is 1.24 bits per heavy atom. The molecule has 0 unspecified atom stereocenters. The summed E-state index contributed by atoms with van der Waals surface area (Å²) in [6.07, 6.45) is 8.07. The van der Waals surface area contributed by atoms with Gasteiger partial charge in [-0.25, -0.2) is 4.39 Å². The van der Waals surface area contributed by atoms with E-state index in [-0.39, 0.29) is 30.6 Å². The van der Waals surface area contributed by atoms with E-state index >= 15 is 4.39 Å². The first-order chi connectivity index (χ1) is 15.3. The Hall–Kier alpha value is -2.17. The first-order valence-electron chi connectivity index (χ1n) is 11.8. The second kappa shape index (κ2) is 12.3. The Kier molecular flexibility index (Phi) is 10.1. The van der Waals surface area contributed by atoms with Crippen LogP contribution in [0.25, 0.3) is 11.1 Å². The summed E-state index contributed by atoms with van der Waals surface area (Å²) in [6, 6.07) is 7.57. The summed E-state index contributed by atoms with van der Waals surface area (Å²) in [4.78, 5) is 12.0. The zero-order valence-electron chi connectivity index (χ0n) is 20.1. The maximum absolute atomic E-state index is 15.5. The van der Waals surface area contributed by atoms with Crippen molar-refractivity contribution in [3.63, 3.8) is 0 Å². The number of allylic oxidation sites excluding steroid dienone is 1. The standard InChI is InChI=1S/C28H36FNO2.ClH/c1-5-7-8-9-10-21-14-18(3)13-19(4)27(21)22-15-23(20-11-12-20)28(29)24(16-22)25(30)17-26(31)32-6-2;/h5,13-16,20,25H,1,6-12,17,30H2,2-4H3;1H/t25-;/m0./s1. The summed E-state index contributed by atoms with van der Waals surface area (Å²) in [6.45, 7) is 10.1. The number of hydrogen-bond donors (Lipinski definition) is 1. The molecule has 5 heteroatoms. The molecular weight excluding hydrogens is 437 g/mol. The molecule has 0 bridgehead atoms. The van der Waals surface area contributed by atoms with E-state index in [1.807, 2.05) is 18.2 Å². The van der Waals surface area contributed by atoms with Crippen molar-refractivity contribution in [3.8, 4) is 11.1 Å². The molecule has 1 atom stereocenters. The quantitative estimate of drug-likeness (QED) is 0.212. The molecule has 0 saturated heterocycles. The van der Waals surface area contributed by atoms with Crippen molar-refractivity contribution >= 4 is 18.4 Å². The van der Waals surface area contributed by atoms with Gasteiger partial charge in [-0.05, 0) is 105 Å². The second-order valence-corrected chi connectivity index (χ2v) is 9.01. The van der Waals surface area contributed by atoms with Gasteiger partial charge in [0.2, 0.25) is 0 Å². The van der Waals surface area contributed by atoms with E-state index in [9.17, 15) is 4.79 Å². The molecule has 0 aromatic heterocycles. The van der Waals surface area contributed by atoms with Crippen LogP contribution in [0.5, 0.6) is 0 Å². The summed E-state index contributed by atoms with van der Waals surface area (Å²) in [5.41, 5.74) is 13.3. The SMILES string of the molecule is C=CCCCCc1cc(C)cc(C)c1-c1cc(C2CC2)c(F)c([C@@H](N)CC(=O)OCC)c1.Cl. The van der Waals surface area contributed by atoms with Crippen LogP contribution in [0.3, 0.4) is 0 Å². The fraction of sp³-hybridized carbons (Fsp3) is 0.464. The highest BCUT2D eigenvalue weighted by atomic mass is 35.5. The molecule has 2 N–H and O–H groups in total. The Labute approximate surface area is 204 Å². The van der Waals surface area contributed by atoms with Gasteiger partial charge >= 0.3 is 5.97 Å². The number of carbonyl (C=O) groups is 1. The van der Waals surface area contributed by atoms with E-state index in [1.165, 1.54) is 22.3 Å². The topological polar surface area (TPSA) is 52.3 Å². The van der Waals surface area contributed by atoms with Crippen LogP contribution in [0.2, 0.25) is 0 Å². The minimum atomic E-state index is -0.728. The van der Waals surface area contributed by atoms with Gasteiger partial charge in [0, 0.05) is 11.6 Å². The van der Waals surface area contributed by atoms with Gasteiger partial charge in [0.25, 0.3) is 0 Å². The number of benzene rings is 2. The van der Waals surface area contributed by atoms with Gasteiger partial charge in [-0.2, -0.15) is 0 Å². The van der Waals surface area contributed by atoms with E-state index < -0.39 is 12.0 Å². The Morgan fingerprint density at radius 3 is 2.61 bits per heavy atom. The number of halogens is 2. The van der Waals surface area contributed by atoms with Gasteiger partial charge in [0.15, 0.2) is 0 Å². The molecule has 2 aromatic carbocycles. The van der Waals surface area contributed by atoms with Gasteiger partial charge in [-0.1, -0.05) is 23.8 Å². The maximum Gasteiger partial charge on any atom is 0.307 e. The monoisotopic (exact) mass is 473 g/mol. The highest BCUT2D eigenvalue weighted by Gasteiger charge is 2.30. The van der Waals surface area contributed by atoms with Gasteiger partial charge in [-0.3, -0.25) is 4.79 Å². The van der Waals surface area contributed by atoms with Crippen molar-refractivity contribution in [2.75, 3.05) is 6.61 Å². The minimum Gasteiger partial charge on any atom is -0.466 e. The third kappa shape index (κ3) is 6.91. The number of carbonyl (C=O) groups excluding carboxylic acids is 1. The molecule has 0 radical (unpaired) electrons. The highest BCUT2D eigenvalue weighted by Crippen LogP contribution is 2.45. The van der Waals surface area contributed by atoms with E-state index in [0.717, 1.165) is 49.7 Å². The summed E-state index contributed by atoms with van der Waals surface area (Å²) in [7, 11) is 0. The van der Waals surface area contributed by atoms with E-state index in [1.54, 1.807) is 6.92 Å². The molecule has 0 aliphatic heterocycles. The Bertz CT molecular complexity index is 984. The predicted molar refractivity (Wildman–Crippen MR) is 136 cm³/mol. The van der Waals surface area contributed by atoms with Crippen LogP contribution in [0.4, 0.5) is 4.39 Å². The zero-order chi connectivity index (χ0) is 23.3. The van der Waals surface area contributed by atoms with Crippen LogP contribution in [0.1, 0.15) is 85.2 Å². The van der Waals surface area contributed by atoms with Gasteiger partial charge in [-0.15, -0.1) is 19.0 Å². The van der Waals surface area contributed by atoms with E-state index in [2.05, 4.69) is 32.6 Å². The number of nitrogens with two attached hydrogens (primary N) is 1. The minimum absolute atomic E-state index is 0. The summed E-state index contributed by atoms with van der Waals surface area (Å²) in [5.74, 6) is -0.414. The number of esters is 1. The van der Waals surface area contributed by atoms with Gasteiger partial charge in [0.05, 0.1) is 13.0 Å². The Morgan fingerprint density at radius 2 is 1.97 bits per heavy atom. The number of aryl methyl sites for hydroxylation is 3. The summed E-state index contributed by atoms with van der Waals surface area (Å²) >= 11 is 0. The lowest BCUT2D eigenvalue weighted by atomic mass is 9.87. The van der Waals surface area contributed by atoms with Crippen molar-refractivity contribution in [1.82, 2.24) is 0 Å². The molecule has 2 aromatic rings. The van der Waals surface area contributed by atoms with E-state index in [4.69, 9.17) is 10.5 Å². The zero-order valence-corrected chi connectivity index (χ0v) is 20.9. The number of rotatable bonds is 11. The van der Waals surface area contributed by atoms with Gasteiger partial charge in [0.1, 0.15) is 5.82 Å². The molecule has 1 saturated carbocycles. The largest absolute Gasteiger partial charge is 0.466 e. The molecule has 1 fully saturated rings. The third-order valence-corrected chi connectivity index (χ3v) is 6.19. The molecule has 180 valence electrons. The molecule has 0 amide bonds. The lowest BCUT2D eigenvalue weighted by molar-refractivity contribution is -0.143. The van der Waals surface area contributed by atoms with Crippen molar-refractivity contribution in [1.29, 1.82) is 0 Å². The smallest absolute Gasteiger partial charge is 0.307 e. The fourth-order valence-corrected chi connectivity index (χ4v) is 4.56. The van der Waals surface area contributed by atoms with Crippen LogP contribution in [0, 0.1) is 19.7 Å². The summed E-state index contributed by atoms with van der Waals surface area (Å²) in [5, 5.41) is 0. The van der Waals surface area contributed by atoms with Crippen LogP contribution >= 0.6 is 12.4 Å². The molecule has 33 heavy (non-hydrogen) atoms. The summed E-state index contributed by atoms with van der Waals surface area (Å²) < 4.78 is 20.5. The molecule has 1 aliphatic rings. The van der Waals surface area contributed by atoms with Crippen molar-refractivity contribution in [2.45, 2.75) is 77.7 Å². The lowest BCUT2D eigenvalue weighted by Crippen LogP contribution is -2.19. The lowest BCUT2D eigenvalue weighted by Gasteiger charge is -2.20. The van der Waals surface area contributed by atoms with Crippen molar-refractivity contribution in [3.05, 3.63) is 70.6 Å². The molecule has 0 spiro atoms. The fourth-order valence-electron chi connectivity index (χ4n) is 4.56. The van der Waals surface area contributed by atoms with Crippen LogP contribution < -0.4 is 5.73 Å². The molecule has 3 nitrogen and oxygen atoms in total. The van der Waals surface area contributed by atoms with Crippen molar-refractivity contribution in [2.24, 2.45) is 5.73 Å². The van der Waals surface area contributed by atoms with Crippen LogP contribution in [-0.2, 0) is 16.0 Å². The molecule has 0 heterocycles. The second-order valence-electron chi connectivity index (χ2n) is 9.01. The average Bonchev–Trinajstić information content (AvgIpc) is 3.56. The number of hydrogen-bond acceptors (Lipinski definition) is 3. The molecule has 3 rings (SSSR count). The highest BCUT2D eigenvalue weighted by molar-refractivity contribution is 5.85. The predicted octanol–water partition coefficient (Wildman–Crippen LogP) is 7.26. The number of unbranched alkanes of at least 4 members (excludes halogenated alkanes) is 2. The number of ether oxygens (including phenoxy) is 1. The van der Waals surface area contributed by atoms with Gasteiger partial charge < -0.3 is 10.5 Å². The Balaban J connectivity index is 0.00000385. The van der Waals surface area contributed by atoms with E-state index in [0.29, 0.717) is 12.2 Å². The van der Waals surface area contributed by atoms with Crippen molar-refractivity contribution < 1.29 is 13.9 Å². The first-order valence-corrected chi connectivity index (χ1v) is 11.8. The average molecular weight is 474 g/mol. The normalized spacial score (nSPS) is 13.8. The molecular formula is C28H37ClFNO2. The van der Waals surface area contributed by atoms with Crippen LogP contribution in [-0.4, -0.2) is 12.6 Å².